The minimum absolute atomic E-state index is 0.324. The van der Waals surface area contributed by atoms with E-state index in [9.17, 15) is 9.18 Å². The van der Waals surface area contributed by atoms with Crippen molar-refractivity contribution >= 4 is 11.5 Å². The summed E-state index contributed by atoms with van der Waals surface area (Å²) < 4.78 is 19.8. The van der Waals surface area contributed by atoms with Crippen LogP contribution in [-0.2, 0) is 4.79 Å². The molecule has 3 heteroatoms. The van der Waals surface area contributed by atoms with Crippen LogP contribution in [0.2, 0.25) is 0 Å². The van der Waals surface area contributed by atoms with Crippen LogP contribution in [0.1, 0.15) is 40.2 Å². The molecule has 0 fully saturated rings. The average Bonchev–Trinajstić information content (AvgIpc) is 2.46. The van der Waals surface area contributed by atoms with Gasteiger partial charge in [0.25, 0.3) is 0 Å². The van der Waals surface area contributed by atoms with Crippen molar-refractivity contribution in [3.05, 3.63) is 60.7 Å². The van der Waals surface area contributed by atoms with Crippen LogP contribution < -0.4 is 4.74 Å². The Morgan fingerprint density at radius 3 is 2.17 bits per heavy atom. The van der Waals surface area contributed by atoms with Gasteiger partial charge in [-0.3, -0.25) is 0 Å². The quantitative estimate of drug-likeness (QED) is 0.406. The molecule has 0 aromatic heterocycles. The normalized spacial score (nSPS) is 15.3. The Kier molecular flexibility index (Phi) is 6.08. The molecule has 0 aliphatic carbocycles. The third kappa shape index (κ3) is 4.65. The van der Waals surface area contributed by atoms with Gasteiger partial charge >= 0.3 is 5.97 Å². The van der Waals surface area contributed by atoms with Gasteiger partial charge in [-0.15, -0.1) is 0 Å². The zero-order valence-corrected chi connectivity index (χ0v) is 14.5. The number of benzene rings is 1. The molecule has 2 nitrogen and oxygen atoms in total. The van der Waals surface area contributed by atoms with E-state index in [4.69, 9.17) is 4.74 Å². The van der Waals surface area contributed by atoms with Crippen LogP contribution in [0.25, 0.3) is 5.57 Å². The number of carbonyl (C=O) groups is 1. The molecular weight excluding hydrogens is 291 g/mol. The fraction of sp³-hybridized carbons (Fsp3) is 0.350. The predicted molar refractivity (Wildman–Crippen MR) is 94.0 cm³/mol. The van der Waals surface area contributed by atoms with E-state index >= 15 is 0 Å². The van der Waals surface area contributed by atoms with Crippen molar-refractivity contribution in [3.63, 3.8) is 0 Å². The highest BCUT2D eigenvalue weighted by atomic mass is 19.1. The number of carbonyl (C=O) groups excluding carboxylic acids is 1. The van der Waals surface area contributed by atoms with Gasteiger partial charge in [-0.05, 0) is 37.1 Å². The molecule has 0 spiro atoms. The predicted octanol–water partition coefficient (Wildman–Crippen LogP) is 5.51. The standard InChI is InChI=1S/C20H25FO2/c1-7-9-15(10-8-2)16-11-13-17(14-12-16)23-18(22)20(6,21)19(3,4)5/h7-14H,1H2,2-6H3/b10-8-,15-9+. The van der Waals surface area contributed by atoms with E-state index in [2.05, 4.69) is 6.58 Å². The fourth-order valence-corrected chi connectivity index (χ4v) is 1.78. The second kappa shape index (κ2) is 7.40. The van der Waals surface area contributed by atoms with Crippen LogP contribution >= 0.6 is 0 Å². The second-order valence-electron chi connectivity index (χ2n) is 6.52. The Morgan fingerprint density at radius 1 is 1.17 bits per heavy atom. The fourth-order valence-electron chi connectivity index (χ4n) is 1.78. The zero-order chi connectivity index (χ0) is 17.7. The van der Waals surface area contributed by atoms with Gasteiger partial charge in [0.1, 0.15) is 5.75 Å². The molecule has 1 unspecified atom stereocenters. The van der Waals surface area contributed by atoms with Gasteiger partial charge in [0.05, 0.1) is 0 Å². The summed E-state index contributed by atoms with van der Waals surface area (Å²) in [5.74, 6) is -0.557. The van der Waals surface area contributed by atoms with E-state index < -0.39 is 17.1 Å². The summed E-state index contributed by atoms with van der Waals surface area (Å²) in [7, 11) is 0. The number of esters is 1. The van der Waals surface area contributed by atoms with Crippen molar-refractivity contribution in [2.24, 2.45) is 5.41 Å². The molecule has 1 atom stereocenters. The molecule has 0 saturated carbocycles. The van der Waals surface area contributed by atoms with Crippen LogP contribution in [-0.4, -0.2) is 11.6 Å². The summed E-state index contributed by atoms with van der Waals surface area (Å²) in [5.41, 5.74) is -0.951. The maximum atomic E-state index is 14.6. The lowest BCUT2D eigenvalue weighted by atomic mass is 9.79. The second-order valence-corrected chi connectivity index (χ2v) is 6.52. The lowest BCUT2D eigenvalue weighted by molar-refractivity contribution is -0.154. The molecule has 0 radical (unpaired) electrons. The Balaban J connectivity index is 2.96. The van der Waals surface area contributed by atoms with Gasteiger partial charge in [0, 0.05) is 5.41 Å². The Labute approximate surface area is 138 Å². The zero-order valence-electron chi connectivity index (χ0n) is 14.5. The van der Waals surface area contributed by atoms with Crippen molar-refractivity contribution in [2.45, 2.75) is 40.3 Å². The van der Waals surface area contributed by atoms with Crippen molar-refractivity contribution in [1.29, 1.82) is 0 Å². The van der Waals surface area contributed by atoms with Crippen molar-refractivity contribution in [1.82, 2.24) is 0 Å². The molecule has 0 amide bonds. The van der Waals surface area contributed by atoms with Gasteiger partial charge in [-0.1, -0.05) is 63.8 Å². The molecule has 124 valence electrons. The summed E-state index contributed by atoms with van der Waals surface area (Å²) in [6, 6.07) is 6.97. The van der Waals surface area contributed by atoms with Crippen LogP contribution in [0.3, 0.4) is 0 Å². The maximum Gasteiger partial charge on any atom is 0.349 e. The van der Waals surface area contributed by atoms with Gasteiger partial charge < -0.3 is 4.74 Å². The molecule has 0 bridgehead atoms. The largest absolute Gasteiger partial charge is 0.424 e. The molecule has 0 N–H and O–H groups in total. The Hall–Kier alpha value is -2.16. The molecule has 0 aliphatic rings. The number of rotatable bonds is 5. The highest BCUT2D eigenvalue weighted by Crippen LogP contribution is 2.35. The smallest absolute Gasteiger partial charge is 0.349 e. The van der Waals surface area contributed by atoms with E-state index in [-0.39, 0.29) is 0 Å². The third-order valence-electron chi connectivity index (χ3n) is 3.83. The lowest BCUT2D eigenvalue weighted by Gasteiger charge is -2.31. The van der Waals surface area contributed by atoms with E-state index in [1.165, 1.54) is 6.92 Å². The number of alkyl halides is 1. The minimum Gasteiger partial charge on any atom is -0.424 e. The molecule has 1 aromatic rings. The average molecular weight is 316 g/mol. The van der Waals surface area contributed by atoms with E-state index in [0.29, 0.717) is 5.75 Å². The first-order valence-electron chi connectivity index (χ1n) is 7.60. The van der Waals surface area contributed by atoms with Crippen LogP contribution in [0.5, 0.6) is 5.75 Å². The summed E-state index contributed by atoms with van der Waals surface area (Å²) in [5, 5.41) is 0. The van der Waals surface area contributed by atoms with Gasteiger partial charge in [-0.2, -0.15) is 0 Å². The van der Waals surface area contributed by atoms with Gasteiger partial charge in [0.2, 0.25) is 5.67 Å². The topological polar surface area (TPSA) is 26.3 Å². The van der Waals surface area contributed by atoms with Crippen LogP contribution in [0.15, 0.2) is 55.1 Å². The van der Waals surface area contributed by atoms with Crippen molar-refractivity contribution < 1.29 is 13.9 Å². The van der Waals surface area contributed by atoms with Gasteiger partial charge in [-0.25, -0.2) is 9.18 Å². The first-order valence-corrected chi connectivity index (χ1v) is 7.60. The maximum absolute atomic E-state index is 14.6. The molecule has 0 aliphatic heterocycles. The van der Waals surface area contributed by atoms with Crippen molar-refractivity contribution in [3.8, 4) is 5.75 Å². The number of allylic oxidation sites excluding steroid dienone is 5. The SMILES string of the molecule is C=C/C=C(\C=C/C)c1ccc(OC(=O)C(C)(F)C(C)(C)C)cc1. The van der Waals surface area contributed by atoms with Crippen LogP contribution in [0.4, 0.5) is 4.39 Å². The number of ether oxygens (including phenoxy) is 1. The highest BCUT2D eigenvalue weighted by Gasteiger charge is 2.46. The highest BCUT2D eigenvalue weighted by molar-refractivity contribution is 5.82. The molecule has 1 aromatic carbocycles. The molecular formula is C20H25FO2. The summed E-state index contributed by atoms with van der Waals surface area (Å²) in [6.45, 7) is 11.9. The first kappa shape index (κ1) is 18.9. The lowest BCUT2D eigenvalue weighted by Crippen LogP contribution is -2.45. The minimum atomic E-state index is -2.06. The van der Waals surface area contributed by atoms with Crippen LogP contribution in [0, 0.1) is 5.41 Å². The molecule has 23 heavy (non-hydrogen) atoms. The van der Waals surface area contributed by atoms with E-state index in [1.54, 1.807) is 39.0 Å². The van der Waals surface area contributed by atoms with E-state index in [0.717, 1.165) is 11.1 Å². The first-order chi connectivity index (χ1) is 10.6. The number of halogens is 1. The molecule has 1 rings (SSSR count). The number of hydrogen-bond donors (Lipinski definition) is 0. The third-order valence-corrected chi connectivity index (χ3v) is 3.83. The summed E-state index contributed by atoms with van der Waals surface area (Å²) >= 11 is 0. The Bertz CT molecular complexity index is 614. The van der Waals surface area contributed by atoms with Gasteiger partial charge in [0.15, 0.2) is 0 Å². The number of hydrogen-bond acceptors (Lipinski definition) is 2. The summed E-state index contributed by atoms with van der Waals surface area (Å²) in [6.07, 6.45) is 7.49. The van der Waals surface area contributed by atoms with Crippen molar-refractivity contribution in [2.75, 3.05) is 0 Å². The molecule has 0 heterocycles. The van der Waals surface area contributed by atoms with E-state index in [1.807, 2.05) is 37.3 Å². The molecule has 0 saturated heterocycles. The summed E-state index contributed by atoms with van der Waals surface area (Å²) in [4.78, 5) is 12.1. The Morgan fingerprint density at radius 2 is 1.74 bits per heavy atom. The monoisotopic (exact) mass is 316 g/mol.